The molecule has 2 rings (SSSR count). The van der Waals surface area contributed by atoms with Crippen molar-refractivity contribution < 1.29 is 19.5 Å². The monoisotopic (exact) mass is 318 g/mol. The van der Waals surface area contributed by atoms with Gasteiger partial charge in [-0.05, 0) is 50.5 Å². The maximum atomic E-state index is 12.1. The zero-order valence-corrected chi connectivity index (χ0v) is 13.3. The molecule has 23 heavy (non-hydrogen) atoms. The van der Waals surface area contributed by atoms with Crippen LogP contribution in [0, 0.1) is 5.92 Å². The third-order valence-electron chi connectivity index (χ3n) is 3.70. The lowest BCUT2D eigenvalue weighted by atomic mass is 10.1. The quantitative estimate of drug-likeness (QED) is 0.714. The van der Waals surface area contributed by atoms with Gasteiger partial charge in [-0.25, -0.2) is 4.79 Å². The number of amides is 2. The summed E-state index contributed by atoms with van der Waals surface area (Å²) in [7, 11) is 0. The number of hydrogen-bond donors (Lipinski definition) is 3. The van der Waals surface area contributed by atoms with Crippen LogP contribution in [0.2, 0.25) is 0 Å². The molecule has 1 unspecified atom stereocenters. The molecule has 0 spiro atoms. The van der Waals surface area contributed by atoms with Crippen LogP contribution in [0.4, 0.5) is 0 Å². The highest BCUT2D eigenvalue weighted by Crippen LogP contribution is 2.33. The number of nitrogens with one attached hydrogen (secondary N) is 2. The maximum Gasteiger partial charge on any atom is 0.326 e. The first-order chi connectivity index (χ1) is 10.9. The molecule has 1 aromatic rings. The Hall–Kier alpha value is -2.37. The summed E-state index contributed by atoms with van der Waals surface area (Å²) in [4.78, 5) is 35.2. The molecule has 0 radical (unpaired) electrons. The molecule has 1 saturated carbocycles. The molecule has 6 heteroatoms. The summed E-state index contributed by atoms with van der Waals surface area (Å²) in [5.74, 6) is -1.25. The molecule has 1 atom stereocenters. The van der Waals surface area contributed by atoms with Crippen LogP contribution in [-0.2, 0) is 4.79 Å². The molecule has 0 bridgehead atoms. The van der Waals surface area contributed by atoms with E-state index in [0.29, 0.717) is 23.5 Å². The summed E-state index contributed by atoms with van der Waals surface area (Å²) in [5.41, 5.74) is 0.802. The van der Waals surface area contributed by atoms with Crippen LogP contribution in [0.1, 0.15) is 53.8 Å². The number of carboxylic acids is 1. The molecule has 1 aromatic carbocycles. The fourth-order valence-electron chi connectivity index (χ4n) is 2.27. The van der Waals surface area contributed by atoms with Gasteiger partial charge in [-0.1, -0.05) is 12.8 Å². The van der Waals surface area contributed by atoms with Crippen molar-refractivity contribution in [2.75, 3.05) is 0 Å². The van der Waals surface area contributed by atoms with Gasteiger partial charge in [0.1, 0.15) is 6.04 Å². The molecule has 0 heterocycles. The summed E-state index contributed by atoms with van der Waals surface area (Å²) in [6.07, 6.45) is 2.52. The van der Waals surface area contributed by atoms with Crippen LogP contribution in [-0.4, -0.2) is 35.0 Å². The molecule has 1 aliphatic rings. The first-order valence-electron chi connectivity index (χ1n) is 7.81. The molecule has 1 aliphatic carbocycles. The summed E-state index contributed by atoms with van der Waals surface area (Å²) >= 11 is 0. The predicted octanol–water partition coefficient (Wildman–Crippen LogP) is 1.81. The first kappa shape index (κ1) is 17.0. The minimum absolute atomic E-state index is 0.0317. The molecular weight excluding hydrogens is 296 g/mol. The van der Waals surface area contributed by atoms with E-state index in [0.717, 1.165) is 12.8 Å². The van der Waals surface area contributed by atoms with Gasteiger partial charge < -0.3 is 15.7 Å². The lowest BCUT2D eigenvalue weighted by molar-refractivity contribution is -0.139. The topological polar surface area (TPSA) is 95.5 Å². The van der Waals surface area contributed by atoms with E-state index in [9.17, 15) is 19.5 Å². The minimum Gasteiger partial charge on any atom is -0.480 e. The predicted molar refractivity (Wildman–Crippen MR) is 85.3 cm³/mol. The first-order valence-corrected chi connectivity index (χ1v) is 7.81. The van der Waals surface area contributed by atoms with Crippen molar-refractivity contribution >= 4 is 17.8 Å². The average molecular weight is 318 g/mol. The Bertz CT molecular complexity index is 591. The highest BCUT2D eigenvalue weighted by Gasteiger charge is 2.30. The molecule has 0 saturated heterocycles. The van der Waals surface area contributed by atoms with Crippen LogP contribution >= 0.6 is 0 Å². The maximum absolute atomic E-state index is 12.1. The summed E-state index contributed by atoms with van der Waals surface area (Å²) in [6.45, 7) is 3.73. The molecule has 0 aliphatic heterocycles. The van der Waals surface area contributed by atoms with E-state index >= 15 is 0 Å². The van der Waals surface area contributed by atoms with Crippen molar-refractivity contribution in [3.63, 3.8) is 0 Å². The normalized spacial score (nSPS) is 15.1. The molecule has 6 nitrogen and oxygen atoms in total. The van der Waals surface area contributed by atoms with Crippen molar-refractivity contribution in [3.05, 3.63) is 35.4 Å². The lowest BCUT2D eigenvalue weighted by Crippen LogP contribution is -2.41. The number of carbonyl (C=O) groups excluding carboxylic acids is 2. The second-order valence-corrected chi connectivity index (χ2v) is 6.25. The van der Waals surface area contributed by atoms with Gasteiger partial charge in [0.15, 0.2) is 0 Å². The minimum atomic E-state index is -1.02. The second-order valence-electron chi connectivity index (χ2n) is 6.25. The van der Waals surface area contributed by atoms with Gasteiger partial charge in [0.25, 0.3) is 11.8 Å². The standard InChI is InChI=1S/C17H22N2O4/c1-10(2)18-15(20)12-5-7-13(8-6-12)16(21)19-14(17(22)23)9-11-3-4-11/h5-8,10-11,14H,3-4,9H2,1-2H3,(H,18,20)(H,19,21)(H,22,23). The zero-order valence-electron chi connectivity index (χ0n) is 13.3. The Morgan fingerprint density at radius 1 is 1.04 bits per heavy atom. The Kier molecular flexibility index (Phi) is 5.36. The van der Waals surface area contributed by atoms with Gasteiger partial charge >= 0.3 is 5.97 Å². The van der Waals surface area contributed by atoms with E-state index < -0.39 is 17.9 Å². The highest BCUT2D eigenvalue weighted by molar-refractivity contribution is 5.99. The largest absolute Gasteiger partial charge is 0.480 e. The summed E-state index contributed by atoms with van der Waals surface area (Å²) in [5, 5.41) is 14.5. The Morgan fingerprint density at radius 2 is 1.52 bits per heavy atom. The average Bonchev–Trinajstić information content (AvgIpc) is 3.29. The summed E-state index contributed by atoms with van der Waals surface area (Å²) in [6, 6.07) is 5.34. The second kappa shape index (κ2) is 7.26. The van der Waals surface area contributed by atoms with Gasteiger partial charge in [-0.3, -0.25) is 9.59 Å². The van der Waals surface area contributed by atoms with Crippen molar-refractivity contribution in [2.24, 2.45) is 5.92 Å². The molecular formula is C17H22N2O4. The molecule has 1 fully saturated rings. The molecule has 2 amide bonds. The lowest BCUT2D eigenvalue weighted by Gasteiger charge is -2.14. The van der Waals surface area contributed by atoms with Crippen LogP contribution in [0.3, 0.4) is 0 Å². The fourth-order valence-corrected chi connectivity index (χ4v) is 2.27. The molecule has 124 valence electrons. The van der Waals surface area contributed by atoms with Crippen molar-refractivity contribution in [2.45, 2.75) is 45.2 Å². The number of aliphatic carboxylic acids is 1. The van der Waals surface area contributed by atoms with E-state index in [1.807, 2.05) is 13.8 Å². The van der Waals surface area contributed by atoms with Crippen molar-refractivity contribution in [3.8, 4) is 0 Å². The number of carbonyl (C=O) groups is 3. The number of hydrogen-bond acceptors (Lipinski definition) is 3. The Labute approximate surface area is 135 Å². The van der Waals surface area contributed by atoms with Crippen LogP contribution in [0.5, 0.6) is 0 Å². The third kappa shape index (κ3) is 5.09. The fraction of sp³-hybridized carbons (Fsp3) is 0.471. The molecule has 0 aromatic heterocycles. The Morgan fingerprint density at radius 3 is 1.91 bits per heavy atom. The van der Waals surface area contributed by atoms with E-state index in [-0.39, 0.29) is 11.9 Å². The van der Waals surface area contributed by atoms with Gasteiger partial charge in [0.2, 0.25) is 0 Å². The van der Waals surface area contributed by atoms with E-state index in [4.69, 9.17) is 0 Å². The van der Waals surface area contributed by atoms with Gasteiger partial charge in [-0.15, -0.1) is 0 Å². The van der Waals surface area contributed by atoms with Gasteiger partial charge in [0, 0.05) is 17.2 Å². The van der Waals surface area contributed by atoms with Crippen LogP contribution < -0.4 is 10.6 Å². The zero-order chi connectivity index (χ0) is 17.0. The van der Waals surface area contributed by atoms with E-state index in [1.165, 1.54) is 12.1 Å². The van der Waals surface area contributed by atoms with Crippen LogP contribution in [0.15, 0.2) is 24.3 Å². The van der Waals surface area contributed by atoms with E-state index in [2.05, 4.69) is 10.6 Å². The number of benzene rings is 1. The van der Waals surface area contributed by atoms with Crippen molar-refractivity contribution in [1.82, 2.24) is 10.6 Å². The number of rotatable bonds is 7. The Balaban J connectivity index is 1.98. The van der Waals surface area contributed by atoms with Gasteiger partial charge in [0.05, 0.1) is 0 Å². The van der Waals surface area contributed by atoms with Crippen LogP contribution in [0.25, 0.3) is 0 Å². The SMILES string of the molecule is CC(C)NC(=O)c1ccc(C(=O)NC(CC2CC2)C(=O)O)cc1. The smallest absolute Gasteiger partial charge is 0.326 e. The number of carboxylic acid groups (broad SMARTS) is 1. The van der Waals surface area contributed by atoms with Gasteiger partial charge in [-0.2, -0.15) is 0 Å². The molecule has 3 N–H and O–H groups in total. The third-order valence-corrected chi connectivity index (χ3v) is 3.70. The van der Waals surface area contributed by atoms with Crippen molar-refractivity contribution in [1.29, 1.82) is 0 Å². The highest BCUT2D eigenvalue weighted by atomic mass is 16.4. The van der Waals surface area contributed by atoms with E-state index in [1.54, 1.807) is 12.1 Å². The summed E-state index contributed by atoms with van der Waals surface area (Å²) < 4.78 is 0.